The van der Waals surface area contributed by atoms with Crippen molar-refractivity contribution in [2.75, 3.05) is 18.4 Å². The Kier molecular flexibility index (Phi) is 3.84. The fourth-order valence-corrected chi connectivity index (χ4v) is 2.21. The minimum atomic E-state index is 0.0589. The summed E-state index contributed by atoms with van der Waals surface area (Å²) in [6.45, 7) is 5.90. The summed E-state index contributed by atoms with van der Waals surface area (Å²) in [6, 6.07) is 5.95. The van der Waals surface area contributed by atoms with Gasteiger partial charge in [0.15, 0.2) is 0 Å². The molecule has 4 heteroatoms. The average Bonchev–Trinajstić information content (AvgIpc) is 2.21. The minimum Gasteiger partial charge on any atom is -0.325 e. The first-order chi connectivity index (χ1) is 8.08. The van der Waals surface area contributed by atoms with Crippen molar-refractivity contribution in [2.45, 2.75) is 13.8 Å². The molecule has 0 spiro atoms. The third-order valence-electron chi connectivity index (χ3n) is 3.31. The van der Waals surface area contributed by atoms with Crippen molar-refractivity contribution in [3.63, 3.8) is 0 Å². The van der Waals surface area contributed by atoms with Gasteiger partial charge >= 0.3 is 0 Å². The Morgan fingerprint density at radius 3 is 2.82 bits per heavy atom. The maximum Gasteiger partial charge on any atom is 0.227 e. The Hall–Kier alpha value is -0.870. The molecular weight excluding hydrogens is 280 g/mol. The maximum absolute atomic E-state index is 12.1. The highest BCUT2D eigenvalue weighted by Crippen LogP contribution is 2.25. The van der Waals surface area contributed by atoms with E-state index in [0.717, 1.165) is 28.8 Å². The molecular formula is C13H17BrN2O. The van der Waals surface area contributed by atoms with Crippen molar-refractivity contribution in [2.24, 2.45) is 11.8 Å². The van der Waals surface area contributed by atoms with Crippen molar-refractivity contribution in [3.8, 4) is 0 Å². The van der Waals surface area contributed by atoms with Gasteiger partial charge in [-0.2, -0.15) is 0 Å². The highest BCUT2D eigenvalue weighted by molar-refractivity contribution is 9.10. The normalized spacial score (nSPS) is 17.4. The summed E-state index contributed by atoms with van der Waals surface area (Å²) >= 11 is 3.45. The van der Waals surface area contributed by atoms with E-state index in [4.69, 9.17) is 0 Å². The summed E-state index contributed by atoms with van der Waals surface area (Å²) in [5.74, 6) is 0.630. The second-order valence-electron chi connectivity index (χ2n) is 4.68. The molecule has 2 rings (SSSR count). The van der Waals surface area contributed by atoms with E-state index >= 15 is 0 Å². The maximum atomic E-state index is 12.1. The molecule has 1 atom stereocenters. The van der Waals surface area contributed by atoms with Crippen LogP contribution in [0.4, 0.5) is 5.69 Å². The highest BCUT2D eigenvalue weighted by Gasteiger charge is 2.28. The summed E-state index contributed by atoms with van der Waals surface area (Å²) in [5.41, 5.74) is 2.00. The van der Waals surface area contributed by atoms with Gasteiger partial charge < -0.3 is 10.6 Å². The molecule has 0 radical (unpaired) electrons. The van der Waals surface area contributed by atoms with Gasteiger partial charge in [0, 0.05) is 10.4 Å². The number of hydrogen-bond donors (Lipinski definition) is 2. The number of amides is 1. The number of benzene rings is 1. The summed E-state index contributed by atoms with van der Waals surface area (Å²) in [7, 11) is 0. The zero-order valence-electron chi connectivity index (χ0n) is 10.1. The standard InChI is InChI=1S/C13H17BrN2O/c1-8-3-4-11(14)12(5-8)16-13(17)9(2)10-6-15-7-10/h3-5,9-10,15H,6-7H2,1-2H3,(H,16,17). The molecule has 17 heavy (non-hydrogen) atoms. The van der Waals surface area contributed by atoms with Crippen LogP contribution in [0.3, 0.4) is 0 Å². The fraction of sp³-hybridized carbons (Fsp3) is 0.462. The molecule has 1 aliphatic heterocycles. The monoisotopic (exact) mass is 296 g/mol. The topological polar surface area (TPSA) is 41.1 Å². The molecule has 0 aromatic heterocycles. The van der Waals surface area contributed by atoms with Crippen molar-refractivity contribution in [1.82, 2.24) is 5.32 Å². The third-order valence-corrected chi connectivity index (χ3v) is 4.00. The molecule has 2 N–H and O–H groups in total. The summed E-state index contributed by atoms with van der Waals surface area (Å²) < 4.78 is 0.926. The lowest BCUT2D eigenvalue weighted by molar-refractivity contribution is -0.121. The van der Waals surface area contributed by atoms with Crippen LogP contribution in [0.2, 0.25) is 0 Å². The largest absolute Gasteiger partial charge is 0.325 e. The number of carbonyl (C=O) groups excluding carboxylic acids is 1. The first-order valence-corrected chi connectivity index (χ1v) is 6.65. The molecule has 3 nitrogen and oxygen atoms in total. The van der Waals surface area contributed by atoms with Gasteiger partial charge in [-0.3, -0.25) is 4.79 Å². The second-order valence-corrected chi connectivity index (χ2v) is 5.53. The minimum absolute atomic E-state index is 0.0589. The van der Waals surface area contributed by atoms with Crippen LogP contribution in [-0.2, 0) is 4.79 Å². The van der Waals surface area contributed by atoms with Crippen LogP contribution in [0.1, 0.15) is 12.5 Å². The highest BCUT2D eigenvalue weighted by atomic mass is 79.9. The zero-order valence-corrected chi connectivity index (χ0v) is 11.7. The quantitative estimate of drug-likeness (QED) is 0.900. The van der Waals surface area contributed by atoms with E-state index in [2.05, 4.69) is 26.6 Å². The first kappa shape index (κ1) is 12.6. The first-order valence-electron chi connectivity index (χ1n) is 5.85. The summed E-state index contributed by atoms with van der Waals surface area (Å²) in [4.78, 5) is 12.1. The molecule has 1 fully saturated rings. The second kappa shape index (κ2) is 5.19. The predicted molar refractivity (Wildman–Crippen MR) is 73.0 cm³/mol. The van der Waals surface area contributed by atoms with Crippen LogP contribution in [0.25, 0.3) is 0 Å². The molecule has 1 saturated heterocycles. The molecule has 0 bridgehead atoms. The van der Waals surface area contributed by atoms with Crippen LogP contribution >= 0.6 is 15.9 Å². The number of aryl methyl sites for hydroxylation is 1. The van der Waals surface area contributed by atoms with E-state index in [-0.39, 0.29) is 11.8 Å². The van der Waals surface area contributed by atoms with Gasteiger partial charge in [0.25, 0.3) is 0 Å². The SMILES string of the molecule is Cc1ccc(Br)c(NC(=O)C(C)C2CNC2)c1. The van der Waals surface area contributed by atoms with E-state index in [1.807, 2.05) is 32.0 Å². The zero-order chi connectivity index (χ0) is 12.4. The molecule has 1 amide bonds. The number of hydrogen-bond acceptors (Lipinski definition) is 2. The summed E-state index contributed by atoms with van der Waals surface area (Å²) in [6.07, 6.45) is 0. The van der Waals surface area contributed by atoms with Crippen LogP contribution in [0, 0.1) is 18.8 Å². The smallest absolute Gasteiger partial charge is 0.227 e. The van der Waals surface area contributed by atoms with Crippen molar-refractivity contribution >= 4 is 27.5 Å². The van der Waals surface area contributed by atoms with Gasteiger partial charge in [-0.25, -0.2) is 0 Å². The Bertz CT molecular complexity index is 429. The van der Waals surface area contributed by atoms with Crippen molar-refractivity contribution in [1.29, 1.82) is 0 Å². The van der Waals surface area contributed by atoms with Crippen molar-refractivity contribution in [3.05, 3.63) is 28.2 Å². The molecule has 1 heterocycles. The Labute approximate surface area is 110 Å². The van der Waals surface area contributed by atoms with Crippen LogP contribution < -0.4 is 10.6 Å². The van der Waals surface area contributed by atoms with Gasteiger partial charge in [-0.05, 0) is 59.6 Å². The molecule has 92 valence electrons. The Balaban J connectivity index is 2.04. The van der Waals surface area contributed by atoms with Gasteiger partial charge in [-0.15, -0.1) is 0 Å². The molecule has 1 aromatic rings. The third kappa shape index (κ3) is 2.87. The molecule has 1 aromatic carbocycles. The van der Waals surface area contributed by atoms with Crippen LogP contribution in [0.15, 0.2) is 22.7 Å². The lowest BCUT2D eigenvalue weighted by Crippen LogP contribution is -2.48. The fourth-order valence-electron chi connectivity index (χ4n) is 1.86. The number of rotatable bonds is 3. The van der Waals surface area contributed by atoms with E-state index < -0.39 is 0 Å². The lowest BCUT2D eigenvalue weighted by Gasteiger charge is -2.31. The average molecular weight is 297 g/mol. The van der Waals surface area contributed by atoms with E-state index in [0.29, 0.717) is 5.92 Å². The number of halogens is 1. The number of nitrogens with one attached hydrogen (secondary N) is 2. The van der Waals surface area contributed by atoms with Gasteiger partial charge in [0.2, 0.25) is 5.91 Å². The lowest BCUT2D eigenvalue weighted by atomic mass is 9.88. The Morgan fingerprint density at radius 1 is 1.53 bits per heavy atom. The van der Waals surface area contributed by atoms with Crippen LogP contribution in [-0.4, -0.2) is 19.0 Å². The predicted octanol–water partition coefficient (Wildman–Crippen LogP) is 2.55. The van der Waals surface area contributed by atoms with Crippen LogP contribution in [0.5, 0.6) is 0 Å². The summed E-state index contributed by atoms with van der Waals surface area (Å²) in [5, 5.41) is 6.18. The number of carbonyl (C=O) groups is 1. The Morgan fingerprint density at radius 2 is 2.24 bits per heavy atom. The van der Waals surface area contributed by atoms with E-state index in [1.165, 1.54) is 0 Å². The van der Waals surface area contributed by atoms with Gasteiger partial charge in [0.05, 0.1) is 5.69 Å². The van der Waals surface area contributed by atoms with Gasteiger partial charge in [-0.1, -0.05) is 13.0 Å². The van der Waals surface area contributed by atoms with E-state index in [9.17, 15) is 4.79 Å². The van der Waals surface area contributed by atoms with Gasteiger partial charge in [0.1, 0.15) is 0 Å². The molecule has 0 saturated carbocycles. The molecule has 1 aliphatic rings. The molecule has 1 unspecified atom stereocenters. The van der Waals surface area contributed by atoms with Crippen molar-refractivity contribution < 1.29 is 4.79 Å². The number of anilines is 1. The molecule has 0 aliphatic carbocycles. The van der Waals surface area contributed by atoms with E-state index in [1.54, 1.807) is 0 Å².